The standard InChI is InChI=1S/C19H25BrN2O3/c1-12-9-16(22(11-12)18(23)24-19(2,3)4)15-10-17(25-21-15)13-5-7-14(20)8-6-13/h5-8,12,16-17H,9-11H2,1-4H3/t12-,16+,17?/m1/s1. The minimum atomic E-state index is -0.499. The van der Waals surface area contributed by atoms with Crippen LogP contribution in [-0.2, 0) is 9.57 Å². The van der Waals surface area contributed by atoms with Crippen LogP contribution in [0.15, 0.2) is 33.9 Å². The molecule has 3 rings (SSSR count). The third kappa shape index (κ3) is 4.35. The third-order valence-corrected chi connectivity index (χ3v) is 4.99. The van der Waals surface area contributed by atoms with E-state index in [-0.39, 0.29) is 18.2 Å². The molecule has 0 radical (unpaired) electrons. The number of carbonyl (C=O) groups excluding carboxylic acids is 1. The van der Waals surface area contributed by atoms with Crippen LogP contribution >= 0.6 is 15.9 Å². The maximum atomic E-state index is 12.6. The maximum Gasteiger partial charge on any atom is 0.410 e. The molecule has 1 unspecified atom stereocenters. The largest absolute Gasteiger partial charge is 0.444 e. The Morgan fingerprint density at radius 2 is 2.00 bits per heavy atom. The SMILES string of the molecule is C[C@@H]1C[C@@H](C2=NOC(c3ccc(Br)cc3)C2)N(C(=O)OC(C)(C)C)C1. The number of oxime groups is 1. The molecule has 2 heterocycles. The molecule has 1 saturated heterocycles. The molecule has 0 bridgehead atoms. The molecule has 0 spiro atoms. The van der Waals surface area contributed by atoms with Gasteiger partial charge >= 0.3 is 6.09 Å². The van der Waals surface area contributed by atoms with E-state index in [0.717, 1.165) is 22.2 Å². The van der Waals surface area contributed by atoms with E-state index in [4.69, 9.17) is 9.57 Å². The summed E-state index contributed by atoms with van der Waals surface area (Å²) in [6.45, 7) is 8.51. The molecule has 0 N–H and O–H groups in total. The van der Waals surface area contributed by atoms with Crippen molar-refractivity contribution in [2.24, 2.45) is 11.1 Å². The second-order valence-corrected chi connectivity index (χ2v) is 8.84. The second-order valence-electron chi connectivity index (χ2n) is 7.92. The van der Waals surface area contributed by atoms with Gasteiger partial charge < -0.3 is 9.57 Å². The fraction of sp³-hybridized carbons (Fsp3) is 0.579. The lowest BCUT2D eigenvalue weighted by Gasteiger charge is -2.28. The van der Waals surface area contributed by atoms with Gasteiger partial charge in [-0.05, 0) is 50.8 Å². The fourth-order valence-corrected chi connectivity index (χ4v) is 3.60. The van der Waals surface area contributed by atoms with Crippen molar-refractivity contribution in [1.29, 1.82) is 0 Å². The first-order chi connectivity index (χ1) is 11.7. The van der Waals surface area contributed by atoms with E-state index in [0.29, 0.717) is 18.9 Å². The topological polar surface area (TPSA) is 51.1 Å². The van der Waals surface area contributed by atoms with Gasteiger partial charge in [0.1, 0.15) is 5.60 Å². The van der Waals surface area contributed by atoms with Crippen LogP contribution in [0.5, 0.6) is 0 Å². The quantitative estimate of drug-likeness (QED) is 0.697. The Labute approximate surface area is 157 Å². The Morgan fingerprint density at radius 1 is 1.32 bits per heavy atom. The number of hydrogen-bond donors (Lipinski definition) is 0. The van der Waals surface area contributed by atoms with E-state index in [1.165, 1.54) is 0 Å². The van der Waals surface area contributed by atoms with E-state index in [9.17, 15) is 4.79 Å². The molecule has 1 aromatic rings. The van der Waals surface area contributed by atoms with Crippen molar-refractivity contribution < 1.29 is 14.4 Å². The maximum absolute atomic E-state index is 12.6. The first-order valence-corrected chi connectivity index (χ1v) is 9.50. The smallest absolute Gasteiger partial charge is 0.410 e. The summed E-state index contributed by atoms with van der Waals surface area (Å²) in [6, 6.07) is 8.04. The van der Waals surface area contributed by atoms with Crippen LogP contribution in [0, 0.1) is 5.92 Å². The van der Waals surface area contributed by atoms with Crippen molar-refractivity contribution in [3.05, 3.63) is 34.3 Å². The summed E-state index contributed by atoms with van der Waals surface area (Å²) in [7, 11) is 0. The number of benzene rings is 1. The van der Waals surface area contributed by atoms with Crippen molar-refractivity contribution in [2.75, 3.05) is 6.54 Å². The molecule has 136 valence electrons. The van der Waals surface area contributed by atoms with Gasteiger partial charge in [0, 0.05) is 17.4 Å². The molecule has 1 aromatic carbocycles. The van der Waals surface area contributed by atoms with E-state index >= 15 is 0 Å². The highest BCUT2D eigenvalue weighted by molar-refractivity contribution is 9.10. The van der Waals surface area contributed by atoms with Gasteiger partial charge in [-0.1, -0.05) is 40.1 Å². The lowest BCUT2D eigenvalue weighted by molar-refractivity contribution is 0.0260. The number of carbonyl (C=O) groups is 1. The number of halogens is 1. The molecule has 25 heavy (non-hydrogen) atoms. The van der Waals surface area contributed by atoms with Gasteiger partial charge in [0.25, 0.3) is 0 Å². The highest BCUT2D eigenvalue weighted by Crippen LogP contribution is 2.34. The van der Waals surface area contributed by atoms with Crippen molar-refractivity contribution >= 4 is 27.7 Å². The van der Waals surface area contributed by atoms with Gasteiger partial charge in [0.2, 0.25) is 0 Å². The van der Waals surface area contributed by atoms with Gasteiger partial charge in [-0.15, -0.1) is 0 Å². The van der Waals surface area contributed by atoms with Crippen molar-refractivity contribution in [1.82, 2.24) is 4.90 Å². The van der Waals surface area contributed by atoms with Crippen LogP contribution in [0.25, 0.3) is 0 Å². The monoisotopic (exact) mass is 408 g/mol. The zero-order chi connectivity index (χ0) is 18.2. The summed E-state index contributed by atoms with van der Waals surface area (Å²) in [5.41, 5.74) is 1.53. The molecule has 6 heteroatoms. The molecule has 3 atom stereocenters. The van der Waals surface area contributed by atoms with E-state index < -0.39 is 5.60 Å². The first-order valence-electron chi connectivity index (χ1n) is 8.70. The van der Waals surface area contributed by atoms with E-state index in [1.54, 1.807) is 0 Å². The molecule has 5 nitrogen and oxygen atoms in total. The van der Waals surface area contributed by atoms with Crippen LogP contribution in [-0.4, -0.2) is 34.9 Å². The van der Waals surface area contributed by atoms with Crippen molar-refractivity contribution in [3.63, 3.8) is 0 Å². The minimum Gasteiger partial charge on any atom is -0.444 e. The number of likely N-dealkylation sites (tertiary alicyclic amines) is 1. The second kappa shape index (κ2) is 6.98. The number of amides is 1. The highest BCUT2D eigenvalue weighted by Gasteiger charge is 2.41. The predicted molar refractivity (Wildman–Crippen MR) is 101 cm³/mol. The van der Waals surface area contributed by atoms with Gasteiger partial charge in [0.05, 0.1) is 11.8 Å². The molecule has 0 aromatic heterocycles. The lowest BCUT2D eigenvalue weighted by Crippen LogP contribution is -2.43. The number of ether oxygens (including phenoxy) is 1. The number of nitrogens with zero attached hydrogens (tertiary/aromatic N) is 2. The highest BCUT2D eigenvalue weighted by atomic mass is 79.9. The molecule has 0 saturated carbocycles. The van der Waals surface area contributed by atoms with Gasteiger partial charge in [-0.2, -0.15) is 0 Å². The number of rotatable bonds is 2. The Balaban J connectivity index is 1.69. The minimum absolute atomic E-state index is 0.0368. The van der Waals surface area contributed by atoms with Gasteiger partial charge in [-0.25, -0.2) is 4.79 Å². The van der Waals surface area contributed by atoms with Crippen LogP contribution in [0.4, 0.5) is 4.79 Å². The molecule has 0 aliphatic carbocycles. The van der Waals surface area contributed by atoms with Crippen LogP contribution in [0.3, 0.4) is 0 Å². The Morgan fingerprint density at radius 3 is 2.64 bits per heavy atom. The average molecular weight is 409 g/mol. The summed E-state index contributed by atoms with van der Waals surface area (Å²) >= 11 is 3.45. The molecule has 1 fully saturated rings. The molecule has 2 aliphatic rings. The summed E-state index contributed by atoms with van der Waals surface area (Å²) in [6.07, 6.45) is 1.25. The predicted octanol–water partition coefficient (Wildman–Crippen LogP) is 4.91. The molecule has 1 amide bonds. The summed E-state index contributed by atoms with van der Waals surface area (Å²) < 4.78 is 6.61. The van der Waals surface area contributed by atoms with Crippen LogP contribution in [0.1, 0.15) is 52.2 Å². The molecular weight excluding hydrogens is 384 g/mol. The van der Waals surface area contributed by atoms with Gasteiger partial charge in [0.15, 0.2) is 6.10 Å². The zero-order valence-corrected chi connectivity index (χ0v) is 16.7. The van der Waals surface area contributed by atoms with E-state index in [2.05, 4.69) is 28.0 Å². The Kier molecular flexibility index (Phi) is 5.09. The Hall–Kier alpha value is -1.56. The number of hydrogen-bond acceptors (Lipinski definition) is 4. The molecule has 2 aliphatic heterocycles. The normalized spacial score (nSPS) is 26.4. The van der Waals surface area contributed by atoms with Crippen molar-refractivity contribution in [2.45, 2.75) is 58.3 Å². The molecular formula is C19H25BrN2O3. The Bertz CT molecular complexity index is 666. The summed E-state index contributed by atoms with van der Waals surface area (Å²) in [5, 5.41) is 4.32. The third-order valence-electron chi connectivity index (χ3n) is 4.46. The van der Waals surface area contributed by atoms with Crippen LogP contribution in [0.2, 0.25) is 0 Å². The lowest BCUT2D eigenvalue weighted by atomic mass is 9.98. The van der Waals surface area contributed by atoms with Crippen LogP contribution < -0.4 is 0 Å². The van der Waals surface area contributed by atoms with Crippen molar-refractivity contribution in [3.8, 4) is 0 Å². The average Bonchev–Trinajstić information content (AvgIpc) is 3.12. The van der Waals surface area contributed by atoms with E-state index in [1.807, 2.05) is 49.9 Å². The summed E-state index contributed by atoms with van der Waals surface area (Å²) in [5.74, 6) is 0.423. The fourth-order valence-electron chi connectivity index (χ4n) is 3.33. The first kappa shape index (κ1) is 18.2. The zero-order valence-electron chi connectivity index (χ0n) is 15.2. The summed E-state index contributed by atoms with van der Waals surface area (Å²) in [4.78, 5) is 20.0. The van der Waals surface area contributed by atoms with Gasteiger partial charge in [-0.3, -0.25) is 4.90 Å².